The predicted octanol–water partition coefficient (Wildman–Crippen LogP) is 2.19. The van der Waals surface area contributed by atoms with Crippen LogP contribution in [0.1, 0.15) is 5.56 Å². The van der Waals surface area contributed by atoms with E-state index in [4.69, 9.17) is 19.4 Å². The molecule has 0 aliphatic carbocycles. The average Bonchev–Trinajstić information content (AvgIpc) is 2.38. The SMILES string of the molecule is COc1cc(OC)c(/C=C/C=N/O)c(OC)c1. The molecule has 0 fully saturated rings. The second kappa shape index (κ2) is 6.42. The van der Waals surface area contributed by atoms with Gasteiger partial charge in [-0.15, -0.1) is 0 Å². The molecule has 0 amide bonds. The quantitative estimate of drug-likeness (QED) is 0.484. The van der Waals surface area contributed by atoms with E-state index in [1.807, 2.05) is 0 Å². The number of oxime groups is 1. The van der Waals surface area contributed by atoms with Crippen LogP contribution in [0.25, 0.3) is 6.08 Å². The van der Waals surface area contributed by atoms with Gasteiger partial charge in [-0.2, -0.15) is 0 Å². The predicted molar refractivity (Wildman–Crippen MR) is 65.4 cm³/mol. The molecule has 0 radical (unpaired) electrons. The van der Waals surface area contributed by atoms with Gasteiger partial charge in [-0.3, -0.25) is 0 Å². The topological polar surface area (TPSA) is 60.3 Å². The molecule has 1 N–H and O–H groups in total. The second-order valence-corrected chi connectivity index (χ2v) is 3.07. The van der Waals surface area contributed by atoms with Crippen LogP contribution < -0.4 is 14.2 Å². The summed E-state index contributed by atoms with van der Waals surface area (Å²) in [4.78, 5) is 0. The summed E-state index contributed by atoms with van der Waals surface area (Å²) >= 11 is 0. The fourth-order valence-corrected chi connectivity index (χ4v) is 1.37. The second-order valence-electron chi connectivity index (χ2n) is 3.07. The normalized spacial score (nSPS) is 11.0. The van der Waals surface area contributed by atoms with Crippen LogP contribution in [-0.2, 0) is 0 Å². The van der Waals surface area contributed by atoms with E-state index >= 15 is 0 Å². The molecule has 5 nitrogen and oxygen atoms in total. The summed E-state index contributed by atoms with van der Waals surface area (Å²) in [6.07, 6.45) is 4.55. The maximum Gasteiger partial charge on any atom is 0.133 e. The summed E-state index contributed by atoms with van der Waals surface area (Å²) in [6.45, 7) is 0. The molecule has 0 aromatic heterocycles. The van der Waals surface area contributed by atoms with Gasteiger partial charge in [-0.25, -0.2) is 0 Å². The van der Waals surface area contributed by atoms with Gasteiger partial charge in [0.2, 0.25) is 0 Å². The van der Waals surface area contributed by atoms with Gasteiger partial charge in [-0.1, -0.05) is 5.16 Å². The van der Waals surface area contributed by atoms with Crippen LogP contribution in [0.15, 0.2) is 23.4 Å². The molecule has 5 heteroatoms. The minimum Gasteiger partial charge on any atom is -0.496 e. The Labute approximate surface area is 99.9 Å². The molecule has 1 rings (SSSR count). The molecule has 0 aliphatic heterocycles. The number of methoxy groups -OCH3 is 3. The first-order valence-corrected chi connectivity index (χ1v) is 4.91. The van der Waals surface area contributed by atoms with Gasteiger partial charge in [0.15, 0.2) is 0 Å². The Morgan fingerprint density at radius 1 is 1.06 bits per heavy atom. The highest BCUT2D eigenvalue weighted by Crippen LogP contribution is 2.34. The standard InChI is InChI=1S/C12H15NO4/c1-15-9-7-11(16-2)10(5-4-6-13-14)12(8-9)17-3/h4-8,14H,1-3H3/b5-4+,13-6+. The Bertz CT molecular complexity index is 402. The highest BCUT2D eigenvalue weighted by molar-refractivity contribution is 5.80. The summed E-state index contributed by atoms with van der Waals surface area (Å²) in [5.41, 5.74) is 0.746. The van der Waals surface area contributed by atoms with Crippen LogP contribution in [0.5, 0.6) is 17.2 Å². The zero-order valence-corrected chi connectivity index (χ0v) is 10.0. The van der Waals surface area contributed by atoms with Crippen LogP contribution in [0.2, 0.25) is 0 Å². The molecule has 0 aliphatic rings. The lowest BCUT2D eigenvalue weighted by atomic mass is 10.1. The van der Waals surface area contributed by atoms with Crippen molar-refractivity contribution in [2.24, 2.45) is 5.16 Å². The van der Waals surface area contributed by atoms with E-state index in [9.17, 15) is 0 Å². The number of rotatable bonds is 5. The number of allylic oxidation sites excluding steroid dienone is 1. The molecule has 0 saturated heterocycles. The van der Waals surface area contributed by atoms with Crippen molar-refractivity contribution in [1.29, 1.82) is 0 Å². The summed E-state index contributed by atoms with van der Waals surface area (Å²) in [6, 6.07) is 3.50. The van der Waals surface area contributed by atoms with Crippen molar-refractivity contribution in [2.75, 3.05) is 21.3 Å². The maximum atomic E-state index is 8.32. The number of nitrogens with zero attached hydrogens (tertiary/aromatic N) is 1. The molecule has 0 atom stereocenters. The van der Waals surface area contributed by atoms with E-state index in [2.05, 4.69) is 5.16 Å². The van der Waals surface area contributed by atoms with E-state index in [0.717, 1.165) is 5.56 Å². The van der Waals surface area contributed by atoms with E-state index in [-0.39, 0.29) is 0 Å². The molecule has 92 valence electrons. The zero-order chi connectivity index (χ0) is 12.7. The molecular weight excluding hydrogens is 222 g/mol. The Morgan fingerprint density at radius 2 is 1.65 bits per heavy atom. The van der Waals surface area contributed by atoms with Crippen LogP contribution in [-0.4, -0.2) is 32.8 Å². The largest absolute Gasteiger partial charge is 0.496 e. The van der Waals surface area contributed by atoms with Gasteiger partial charge in [0.25, 0.3) is 0 Å². The van der Waals surface area contributed by atoms with Crippen molar-refractivity contribution >= 4 is 12.3 Å². The van der Waals surface area contributed by atoms with Crippen molar-refractivity contribution in [1.82, 2.24) is 0 Å². The number of ether oxygens (including phenoxy) is 3. The number of benzene rings is 1. The third-order valence-electron chi connectivity index (χ3n) is 2.17. The average molecular weight is 237 g/mol. The minimum absolute atomic E-state index is 0.615. The molecule has 1 aromatic carbocycles. The van der Waals surface area contributed by atoms with Gasteiger partial charge < -0.3 is 19.4 Å². The van der Waals surface area contributed by atoms with Crippen molar-refractivity contribution in [2.45, 2.75) is 0 Å². The Hall–Kier alpha value is -2.17. The molecule has 0 spiro atoms. The van der Waals surface area contributed by atoms with Crippen molar-refractivity contribution < 1.29 is 19.4 Å². The van der Waals surface area contributed by atoms with Gasteiger partial charge in [-0.05, 0) is 12.2 Å². The molecule has 17 heavy (non-hydrogen) atoms. The van der Waals surface area contributed by atoms with E-state index < -0.39 is 0 Å². The van der Waals surface area contributed by atoms with E-state index in [1.54, 1.807) is 45.6 Å². The summed E-state index contributed by atoms with van der Waals surface area (Å²) in [5.74, 6) is 1.87. The third kappa shape index (κ3) is 3.14. The fraction of sp³-hybridized carbons (Fsp3) is 0.250. The first-order chi connectivity index (χ1) is 8.26. The van der Waals surface area contributed by atoms with Crippen LogP contribution >= 0.6 is 0 Å². The minimum atomic E-state index is 0.615. The summed E-state index contributed by atoms with van der Waals surface area (Å²) in [7, 11) is 4.69. The molecular formula is C12H15NO4. The van der Waals surface area contributed by atoms with Crippen LogP contribution in [0.4, 0.5) is 0 Å². The molecule has 1 aromatic rings. The van der Waals surface area contributed by atoms with E-state index in [0.29, 0.717) is 17.2 Å². The number of hydrogen-bond donors (Lipinski definition) is 1. The van der Waals surface area contributed by atoms with Crippen LogP contribution in [0.3, 0.4) is 0 Å². The Kier molecular flexibility index (Phi) is 4.87. The van der Waals surface area contributed by atoms with Crippen molar-refractivity contribution in [3.63, 3.8) is 0 Å². The maximum absolute atomic E-state index is 8.32. The third-order valence-corrected chi connectivity index (χ3v) is 2.17. The van der Waals surface area contributed by atoms with Crippen molar-refractivity contribution in [3.8, 4) is 17.2 Å². The van der Waals surface area contributed by atoms with Gasteiger partial charge in [0.1, 0.15) is 17.2 Å². The number of hydrogen-bond acceptors (Lipinski definition) is 5. The van der Waals surface area contributed by atoms with Gasteiger partial charge in [0, 0.05) is 12.1 Å². The lowest BCUT2D eigenvalue weighted by molar-refractivity contribution is 0.322. The fourth-order valence-electron chi connectivity index (χ4n) is 1.37. The highest BCUT2D eigenvalue weighted by atomic mass is 16.5. The lowest BCUT2D eigenvalue weighted by Crippen LogP contribution is -1.94. The lowest BCUT2D eigenvalue weighted by Gasteiger charge is -2.12. The van der Waals surface area contributed by atoms with Crippen molar-refractivity contribution in [3.05, 3.63) is 23.8 Å². The molecule has 0 unspecified atom stereocenters. The monoisotopic (exact) mass is 237 g/mol. The summed E-state index contributed by atoms with van der Waals surface area (Å²) < 4.78 is 15.6. The Morgan fingerprint density at radius 3 is 2.06 bits per heavy atom. The molecule has 0 bridgehead atoms. The first kappa shape index (κ1) is 12.9. The van der Waals surface area contributed by atoms with E-state index in [1.165, 1.54) is 6.21 Å². The van der Waals surface area contributed by atoms with Crippen LogP contribution in [0, 0.1) is 0 Å². The first-order valence-electron chi connectivity index (χ1n) is 4.91. The Balaban J connectivity index is 3.24. The molecule has 0 saturated carbocycles. The van der Waals surface area contributed by atoms with Gasteiger partial charge >= 0.3 is 0 Å². The van der Waals surface area contributed by atoms with Gasteiger partial charge in [0.05, 0.1) is 33.1 Å². The summed E-state index contributed by atoms with van der Waals surface area (Å²) in [5, 5.41) is 11.2. The highest BCUT2D eigenvalue weighted by Gasteiger charge is 2.10. The smallest absolute Gasteiger partial charge is 0.133 e. The molecule has 0 heterocycles. The zero-order valence-electron chi connectivity index (χ0n) is 10.0.